The van der Waals surface area contributed by atoms with Crippen LogP contribution in [0.4, 0.5) is 4.79 Å². The predicted octanol–water partition coefficient (Wildman–Crippen LogP) is 3.11. The average molecular weight is 443 g/mol. The van der Waals surface area contributed by atoms with E-state index in [1.54, 1.807) is 45.4 Å². The van der Waals surface area contributed by atoms with E-state index in [4.69, 9.17) is 9.47 Å². The van der Waals surface area contributed by atoms with Gasteiger partial charge in [-0.2, -0.15) is 0 Å². The minimum atomic E-state index is -0.814. The van der Waals surface area contributed by atoms with Crippen LogP contribution in [0.2, 0.25) is 0 Å². The number of carbonyl (C=O) groups excluding carboxylic acids is 3. The van der Waals surface area contributed by atoms with Crippen molar-refractivity contribution in [1.29, 1.82) is 0 Å². The summed E-state index contributed by atoms with van der Waals surface area (Å²) in [7, 11) is 1.26. The van der Waals surface area contributed by atoms with E-state index < -0.39 is 23.7 Å². The summed E-state index contributed by atoms with van der Waals surface area (Å²) in [5.74, 6) is -0.780. The number of esters is 1. The van der Waals surface area contributed by atoms with Gasteiger partial charge in [-0.05, 0) is 52.2 Å². The molecule has 0 saturated carbocycles. The maximum atomic E-state index is 12.4. The third-order valence-corrected chi connectivity index (χ3v) is 4.38. The van der Waals surface area contributed by atoms with Crippen LogP contribution >= 0.6 is 0 Å². The highest BCUT2D eigenvalue weighted by Crippen LogP contribution is 2.17. The van der Waals surface area contributed by atoms with Gasteiger partial charge in [-0.1, -0.05) is 6.07 Å². The molecule has 0 saturated heterocycles. The summed E-state index contributed by atoms with van der Waals surface area (Å²) < 4.78 is 9.94. The maximum Gasteiger partial charge on any atom is 0.408 e. The summed E-state index contributed by atoms with van der Waals surface area (Å²) in [6.45, 7) is 5.63. The molecule has 1 unspecified atom stereocenters. The zero-order valence-electron chi connectivity index (χ0n) is 18.9. The van der Waals surface area contributed by atoms with Crippen LogP contribution < -0.4 is 10.6 Å². The second kappa shape index (κ2) is 11.8. The lowest BCUT2D eigenvalue weighted by Crippen LogP contribution is -2.44. The second-order valence-corrected chi connectivity index (χ2v) is 8.18. The topological polar surface area (TPSA) is 120 Å². The van der Waals surface area contributed by atoms with Crippen LogP contribution in [-0.2, 0) is 14.3 Å². The minimum absolute atomic E-state index is 0.236. The zero-order chi connectivity index (χ0) is 23.6. The molecular weight excluding hydrogens is 412 g/mol. The van der Waals surface area contributed by atoms with Crippen molar-refractivity contribution < 1.29 is 23.9 Å². The van der Waals surface area contributed by atoms with E-state index in [2.05, 4.69) is 20.6 Å². The lowest BCUT2D eigenvalue weighted by molar-refractivity contribution is -0.143. The van der Waals surface area contributed by atoms with Crippen molar-refractivity contribution in [2.24, 2.45) is 0 Å². The molecule has 1 atom stereocenters. The van der Waals surface area contributed by atoms with Crippen LogP contribution in [0.5, 0.6) is 0 Å². The lowest BCUT2D eigenvalue weighted by atomic mass is 10.1. The molecule has 0 aromatic carbocycles. The van der Waals surface area contributed by atoms with Gasteiger partial charge >= 0.3 is 12.1 Å². The standard InChI is InChI=1S/C23H30N4O5/c1-23(2,3)32-22(30)27-19(21(29)31-4)9-5-6-11-26-20(28)18-12-17(14-25-15-18)16-8-7-10-24-13-16/h7-8,10,12-15,19H,5-6,9,11H2,1-4H3,(H,26,28)(H,27,30). The van der Waals surface area contributed by atoms with Crippen molar-refractivity contribution in [2.75, 3.05) is 13.7 Å². The highest BCUT2D eigenvalue weighted by atomic mass is 16.6. The first-order chi connectivity index (χ1) is 15.2. The third kappa shape index (κ3) is 8.33. The maximum absolute atomic E-state index is 12.4. The number of pyridine rings is 2. The average Bonchev–Trinajstić information content (AvgIpc) is 2.76. The lowest BCUT2D eigenvalue weighted by Gasteiger charge is -2.22. The highest BCUT2D eigenvalue weighted by Gasteiger charge is 2.24. The minimum Gasteiger partial charge on any atom is -0.467 e. The van der Waals surface area contributed by atoms with Gasteiger partial charge in [0.05, 0.1) is 12.7 Å². The van der Waals surface area contributed by atoms with Crippen LogP contribution in [0, 0.1) is 0 Å². The van der Waals surface area contributed by atoms with E-state index in [0.29, 0.717) is 31.4 Å². The molecule has 2 rings (SSSR count). The largest absolute Gasteiger partial charge is 0.467 e. The number of hydrogen-bond donors (Lipinski definition) is 2. The summed E-state index contributed by atoms with van der Waals surface area (Å²) in [6.07, 6.45) is 7.46. The molecule has 172 valence electrons. The molecule has 2 aromatic heterocycles. The molecule has 0 aliphatic rings. The van der Waals surface area contributed by atoms with E-state index in [-0.39, 0.29) is 5.91 Å². The summed E-state index contributed by atoms with van der Waals surface area (Å²) in [5, 5.41) is 5.38. The monoisotopic (exact) mass is 442 g/mol. The number of carbonyl (C=O) groups is 3. The first-order valence-electron chi connectivity index (χ1n) is 10.4. The molecule has 0 radical (unpaired) electrons. The molecular formula is C23H30N4O5. The number of rotatable bonds is 9. The van der Waals surface area contributed by atoms with Crippen molar-refractivity contribution in [2.45, 2.75) is 51.7 Å². The summed E-state index contributed by atoms with van der Waals surface area (Å²) in [4.78, 5) is 44.6. The number of ether oxygens (including phenoxy) is 2. The molecule has 2 amide bonds. The molecule has 0 fully saturated rings. The first kappa shape index (κ1) is 24.8. The van der Waals surface area contributed by atoms with E-state index in [9.17, 15) is 14.4 Å². The Labute approximate surface area is 187 Å². The van der Waals surface area contributed by atoms with Crippen molar-refractivity contribution in [3.63, 3.8) is 0 Å². The van der Waals surface area contributed by atoms with E-state index >= 15 is 0 Å². The van der Waals surface area contributed by atoms with Gasteiger partial charge in [0.1, 0.15) is 11.6 Å². The number of nitrogens with one attached hydrogen (secondary N) is 2. The molecule has 0 spiro atoms. The van der Waals surface area contributed by atoms with Crippen molar-refractivity contribution >= 4 is 18.0 Å². The number of hydrogen-bond acceptors (Lipinski definition) is 7. The molecule has 2 N–H and O–H groups in total. The van der Waals surface area contributed by atoms with Gasteiger partial charge in [0.25, 0.3) is 5.91 Å². The van der Waals surface area contributed by atoms with Gasteiger partial charge in [-0.3, -0.25) is 14.8 Å². The summed E-state index contributed by atoms with van der Waals surface area (Å²) in [5.41, 5.74) is 1.46. The SMILES string of the molecule is COC(=O)C(CCCCNC(=O)c1cncc(-c2cccnc2)c1)NC(=O)OC(C)(C)C. The van der Waals surface area contributed by atoms with Gasteiger partial charge in [-0.15, -0.1) is 0 Å². The fourth-order valence-corrected chi connectivity index (χ4v) is 2.87. The van der Waals surface area contributed by atoms with Gasteiger partial charge in [0.15, 0.2) is 0 Å². The quantitative estimate of drug-likeness (QED) is 0.452. The summed E-state index contributed by atoms with van der Waals surface area (Å²) >= 11 is 0. The van der Waals surface area contributed by atoms with Gasteiger partial charge in [0, 0.05) is 42.5 Å². The third-order valence-electron chi connectivity index (χ3n) is 4.38. The number of aromatic nitrogens is 2. The fourth-order valence-electron chi connectivity index (χ4n) is 2.87. The number of alkyl carbamates (subject to hydrolysis) is 1. The normalized spacial score (nSPS) is 11.9. The van der Waals surface area contributed by atoms with Gasteiger partial charge in [0.2, 0.25) is 0 Å². The van der Waals surface area contributed by atoms with Crippen LogP contribution in [0.15, 0.2) is 43.0 Å². The Bertz CT molecular complexity index is 912. The van der Waals surface area contributed by atoms with Crippen LogP contribution in [0.1, 0.15) is 50.4 Å². The Kier molecular flexibility index (Phi) is 9.12. The number of nitrogens with zero attached hydrogens (tertiary/aromatic N) is 2. The molecule has 0 bridgehead atoms. The molecule has 9 heteroatoms. The first-order valence-corrected chi connectivity index (χ1v) is 10.4. The van der Waals surface area contributed by atoms with Crippen molar-refractivity contribution in [3.05, 3.63) is 48.5 Å². The molecule has 9 nitrogen and oxygen atoms in total. The predicted molar refractivity (Wildman–Crippen MR) is 119 cm³/mol. The van der Waals surface area contributed by atoms with E-state index in [1.807, 2.05) is 12.1 Å². The van der Waals surface area contributed by atoms with Crippen molar-refractivity contribution in [1.82, 2.24) is 20.6 Å². The smallest absolute Gasteiger partial charge is 0.408 e. The zero-order valence-corrected chi connectivity index (χ0v) is 18.9. The Morgan fingerprint density at radius 2 is 1.81 bits per heavy atom. The fraction of sp³-hybridized carbons (Fsp3) is 0.435. The Balaban J connectivity index is 1.81. The second-order valence-electron chi connectivity index (χ2n) is 8.18. The Morgan fingerprint density at radius 3 is 2.47 bits per heavy atom. The molecule has 0 aliphatic heterocycles. The van der Waals surface area contributed by atoms with Gasteiger partial charge < -0.3 is 20.1 Å². The number of amides is 2. The Hall–Kier alpha value is -3.49. The number of methoxy groups -OCH3 is 1. The molecule has 0 aliphatic carbocycles. The van der Waals surface area contributed by atoms with Crippen LogP contribution in [0.3, 0.4) is 0 Å². The van der Waals surface area contributed by atoms with E-state index in [1.165, 1.54) is 13.3 Å². The van der Waals surface area contributed by atoms with Gasteiger partial charge in [-0.25, -0.2) is 9.59 Å². The molecule has 2 heterocycles. The van der Waals surface area contributed by atoms with E-state index in [0.717, 1.165) is 11.1 Å². The number of unbranched alkanes of at least 4 members (excludes halogenated alkanes) is 1. The van der Waals surface area contributed by atoms with Crippen molar-refractivity contribution in [3.8, 4) is 11.1 Å². The molecule has 32 heavy (non-hydrogen) atoms. The highest BCUT2D eigenvalue weighted by molar-refractivity contribution is 5.95. The molecule has 2 aromatic rings. The Morgan fingerprint density at radius 1 is 1.06 bits per heavy atom. The van der Waals surface area contributed by atoms with Crippen LogP contribution in [0.25, 0.3) is 11.1 Å². The summed E-state index contributed by atoms with van der Waals surface area (Å²) in [6, 6.07) is 4.67. The van der Waals surface area contributed by atoms with Crippen LogP contribution in [-0.4, -0.2) is 53.2 Å².